The molecular formula is C7H5F2NS2. The monoisotopic (exact) mass is 205 g/mol. The van der Waals surface area contributed by atoms with Crippen molar-refractivity contribution in [3.8, 4) is 0 Å². The second kappa shape index (κ2) is 4.37. The first-order valence-corrected chi connectivity index (χ1v) is 4.31. The SMILES string of the molecule is FN(F)C(=S)Sc1ccccc1. The molecule has 1 aromatic carbocycles. The summed E-state index contributed by atoms with van der Waals surface area (Å²) >= 11 is 5.26. The van der Waals surface area contributed by atoms with Crippen molar-refractivity contribution in [1.29, 1.82) is 0 Å². The Balaban J connectivity index is 2.59. The summed E-state index contributed by atoms with van der Waals surface area (Å²) in [7, 11) is 0. The molecule has 0 spiro atoms. The highest BCUT2D eigenvalue weighted by Gasteiger charge is 2.07. The summed E-state index contributed by atoms with van der Waals surface area (Å²) in [6.45, 7) is 0. The largest absolute Gasteiger partial charge is 0.206 e. The van der Waals surface area contributed by atoms with E-state index in [4.69, 9.17) is 0 Å². The molecule has 1 nitrogen and oxygen atoms in total. The summed E-state index contributed by atoms with van der Waals surface area (Å²) in [6.07, 6.45) is 0. The topological polar surface area (TPSA) is 3.24 Å². The third kappa shape index (κ3) is 2.75. The van der Waals surface area contributed by atoms with Gasteiger partial charge in [-0.2, -0.15) is 0 Å². The van der Waals surface area contributed by atoms with Gasteiger partial charge in [0.25, 0.3) is 0 Å². The molecule has 0 aliphatic carbocycles. The molecule has 0 amide bonds. The molecule has 5 heteroatoms. The fraction of sp³-hybridized carbons (Fsp3) is 0. The van der Waals surface area contributed by atoms with Crippen LogP contribution in [0.25, 0.3) is 0 Å². The minimum absolute atomic E-state index is 0.443. The van der Waals surface area contributed by atoms with Crippen molar-refractivity contribution < 1.29 is 8.96 Å². The molecule has 0 saturated carbocycles. The molecule has 0 aromatic heterocycles. The van der Waals surface area contributed by atoms with Crippen LogP contribution in [0.15, 0.2) is 35.2 Å². The maximum absolute atomic E-state index is 11.8. The fourth-order valence-corrected chi connectivity index (χ4v) is 1.48. The van der Waals surface area contributed by atoms with Gasteiger partial charge in [-0.05, 0) is 29.7 Å². The van der Waals surface area contributed by atoms with Crippen molar-refractivity contribution in [2.24, 2.45) is 0 Å². The van der Waals surface area contributed by atoms with Gasteiger partial charge in [0.2, 0.25) is 4.32 Å². The molecule has 1 rings (SSSR count). The first-order valence-electron chi connectivity index (χ1n) is 3.08. The third-order valence-electron chi connectivity index (χ3n) is 1.09. The molecule has 0 bridgehead atoms. The number of nitrogens with zero attached hydrogens (tertiary/aromatic N) is 1. The second-order valence-electron chi connectivity index (χ2n) is 1.91. The highest BCUT2D eigenvalue weighted by Crippen LogP contribution is 2.21. The van der Waals surface area contributed by atoms with Gasteiger partial charge in [-0.1, -0.05) is 38.9 Å². The van der Waals surface area contributed by atoms with Gasteiger partial charge in [-0.3, -0.25) is 0 Å². The average molecular weight is 205 g/mol. The van der Waals surface area contributed by atoms with Crippen molar-refractivity contribution in [3.63, 3.8) is 0 Å². The van der Waals surface area contributed by atoms with Crippen molar-refractivity contribution in [3.05, 3.63) is 30.3 Å². The Kier molecular flexibility index (Phi) is 3.43. The Morgan fingerprint density at radius 1 is 1.25 bits per heavy atom. The van der Waals surface area contributed by atoms with Crippen LogP contribution in [0, 0.1) is 0 Å². The summed E-state index contributed by atoms with van der Waals surface area (Å²) < 4.78 is 23.1. The third-order valence-corrected chi connectivity index (χ3v) is 2.29. The maximum Gasteiger partial charge on any atom is 0.206 e. The van der Waals surface area contributed by atoms with E-state index >= 15 is 0 Å². The van der Waals surface area contributed by atoms with Crippen LogP contribution in [0.3, 0.4) is 0 Å². The van der Waals surface area contributed by atoms with Crippen LogP contribution in [-0.4, -0.2) is 9.66 Å². The van der Waals surface area contributed by atoms with Crippen molar-refractivity contribution in [2.75, 3.05) is 0 Å². The van der Waals surface area contributed by atoms with Gasteiger partial charge >= 0.3 is 0 Å². The quantitative estimate of drug-likeness (QED) is 0.394. The lowest BCUT2D eigenvalue weighted by Gasteiger charge is -2.02. The Morgan fingerprint density at radius 3 is 2.33 bits per heavy atom. The Morgan fingerprint density at radius 2 is 1.83 bits per heavy atom. The normalized spacial score (nSPS) is 9.50. The Bertz CT molecular complexity index is 263. The van der Waals surface area contributed by atoms with Gasteiger partial charge in [-0.25, -0.2) is 0 Å². The minimum atomic E-state index is -1.06. The lowest BCUT2D eigenvalue weighted by atomic mass is 10.4. The van der Waals surface area contributed by atoms with Gasteiger partial charge in [-0.15, -0.1) is 0 Å². The molecule has 0 radical (unpaired) electrons. The molecule has 1 aromatic rings. The van der Waals surface area contributed by atoms with Gasteiger partial charge < -0.3 is 0 Å². The molecule has 64 valence electrons. The molecule has 0 aliphatic rings. The number of hydrogen-bond donors (Lipinski definition) is 0. The van der Waals surface area contributed by atoms with Gasteiger partial charge in [0.15, 0.2) is 0 Å². The lowest BCUT2D eigenvalue weighted by molar-refractivity contribution is -0.0667. The van der Waals surface area contributed by atoms with Gasteiger partial charge in [0, 0.05) is 4.90 Å². The summed E-state index contributed by atoms with van der Waals surface area (Å²) in [5.74, 6) is 0. The second-order valence-corrected chi connectivity index (χ2v) is 3.62. The van der Waals surface area contributed by atoms with Crippen LogP contribution in [0.2, 0.25) is 0 Å². The number of thioether (sulfide) groups is 1. The van der Waals surface area contributed by atoms with Crippen LogP contribution in [-0.2, 0) is 0 Å². The summed E-state index contributed by atoms with van der Waals surface area (Å²) in [4.78, 5) is 0.711. The molecule has 0 atom stereocenters. The van der Waals surface area contributed by atoms with Crippen LogP contribution in [0.1, 0.15) is 0 Å². The van der Waals surface area contributed by atoms with Crippen molar-refractivity contribution in [2.45, 2.75) is 4.90 Å². The summed E-state index contributed by atoms with van der Waals surface area (Å²) in [6, 6.07) is 8.80. The molecule has 0 fully saturated rings. The molecule has 0 unspecified atom stereocenters. The van der Waals surface area contributed by atoms with E-state index in [1.807, 2.05) is 6.07 Å². The van der Waals surface area contributed by atoms with Crippen LogP contribution in [0.5, 0.6) is 0 Å². The Labute approximate surface area is 78.2 Å². The van der Waals surface area contributed by atoms with E-state index in [9.17, 15) is 8.96 Å². The molecule has 0 aliphatic heterocycles. The zero-order chi connectivity index (χ0) is 8.97. The predicted molar refractivity (Wildman–Crippen MR) is 49.0 cm³/mol. The number of thiocarbonyl (C=S) groups is 1. The highest BCUT2D eigenvalue weighted by molar-refractivity contribution is 8.22. The summed E-state index contributed by atoms with van der Waals surface area (Å²) in [5, 5.41) is -1.06. The number of rotatable bonds is 1. The average Bonchev–Trinajstić information content (AvgIpc) is 2.06. The van der Waals surface area contributed by atoms with E-state index in [2.05, 4.69) is 12.2 Å². The first-order chi connectivity index (χ1) is 5.70. The van der Waals surface area contributed by atoms with E-state index in [0.29, 0.717) is 4.90 Å². The highest BCUT2D eigenvalue weighted by atomic mass is 32.2. The van der Waals surface area contributed by atoms with Crippen LogP contribution >= 0.6 is 24.0 Å². The summed E-state index contributed by atoms with van der Waals surface area (Å²) in [5.41, 5.74) is 0. The molecule has 0 heterocycles. The van der Waals surface area contributed by atoms with Crippen molar-refractivity contribution >= 4 is 28.3 Å². The van der Waals surface area contributed by atoms with E-state index in [1.165, 1.54) is 0 Å². The van der Waals surface area contributed by atoms with Gasteiger partial charge in [0.05, 0.1) is 0 Å². The predicted octanol–water partition coefficient (Wildman–Crippen LogP) is 3.13. The van der Waals surface area contributed by atoms with E-state index < -0.39 is 9.66 Å². The van der Waals surface area contributed by atoms with Crippen LogP contribution < -0.4 is 0 Å². The number of benzene rings is 1. The number of halogens is 2. The maximum atomic E-state index is 11.8. The minimum Gasteiger partial charge on any atom is -0.0652 e. The van der Waals surface area contributed by atoms with E-state index in [-0.39, 0.29) is 0 Å². The zero-order valence-corrected chi connectivity index (χ0v) is 7.54. The Hall–Kier alpha value is -0.680. The molecule has 0 saturated heterocycles. The van der Waals surface area contributed by atoms with E-state index in [1.54, 1.807) is 24.3 Å². The van der Waals surface area contributed by atoms with Crippen molar-refractivity contribution in [1.82, 2.24) is 5.34 Å². The fourth-order valence-electron chi connectivity index (χ4n) is 0.624. The standard InChI is InChI=1S/C7H5F2NS2/c8-10(9)7(11)12-6-4-2-1-3-5-6/h1-5H. The smallest absolute Gasteiger partial charge is 0.0652 e. The van der Waals surface area contributed by atoms with Gasteiger partial charge in [0.1, 0.15) is 0 Å². The number of hydrogen-bond acceptors (Lipinski definition) is 2. The molecular weight excluding hydrogens is 200 g/mol. The molecule has 12 heavy (non-hydrogen) atoms. The zero-order valence-electron chi connectivity index (χ0n) is 5.91. The van der Waals surface area contributed by atoms with E-state index in [0.717, 1.165) is 11.8 Å². The lowest BCUT2D eigenvalue weighted by Crippen LogP contribution is -2.05. The van der Waals surface area contributed by atoms with Crippen LogP contribution in [0.4, 0.5) is 8.96 Å². The first kappa shape index (κ1) is 9.41. The molecule has 0 N–H and O–H groups in total.